The molecule has 0 heterocycles. The molecular formula is C12H20O3. The molecule has 0 unspecified atom stereocenters. The van der Waals surface area contributed by atoms with Gasteiger partial charge in [-0.25, -0.2) is 0 Å². The van der Waals surface area contributed by atoms with Crippen molar-refractivity contribution >= 4 is 5.97 Å². The van der Waals surface area contributed by atoms with E-state index in [1.807, 2.05) is 0 Å². The van der Waals surface area contributed by atoms with Crippen LogP contribution in [-0.2, 0) is 9.53 Å². The molecule has 2 aliphatic rings. The largest absolute Gasteiger partial charge is 0.459 e. The predicted molar refractivity (Wildman–Crippen MR) is 56.2 cm³/mol. The lowest BCUT2D eigenvalue weighted by Crippen LogP contribution is -2.45. The number of aliphatic hydroxyl groups is 1. The van der Waals surface area contributed by atoms with Gasteiger partial charge in [-0.3, -0.25) is 4.79 Å². The Morgan fingerprint density at radius 2 is 1.93 bits per heavy atom. The number of esters is 1. The molecule has 0 aromatic rings. The Morgan fingerprint density at radius 1 is 1.33 bits per heavy atom. The molecule has 4 atom stereocenters. The van der Waals surface area contributed by atoms with E-state index >= 15 is 0 Å². The normalized spacial score (nSPS) is 46.9. The zero-order valence-electron chi connectivity index (χ0n) is 9.91. The highest BCUT2D eigenvalue weighted by atomic mass is 16.6. The van der Waals surface area contributed by atoms with Gasteiger partial charge >= 0.3 is 5.97 Å². The van der Waals surface area contributed by atoms with E-state index in [9.17, 15) is 9.90 Å². The van der Waals surface area contributed by atoms with E-state index in [0.717, 1.165) is 12.8 Å². The lowest BCUT2D eigenvalue weighted by atomic mass is 9.84. The van der Waals surface area contributed by atoms with E-state index in [1.54, 1.807) is 6.92 Å². The lowest BCUT2D eigenvalue weighted by Gasteiger charge is -2.35. The van der Waals surface area contributed by atoms with Crippen LogP contribution in [0.25, 0.3) is 0 Å². The van der Waals surface area contributed by atoms with Crippen LogP contribution < -0.4 is 0 Å². The third-order valence-electron chi connectivity index (χ3n) is 4.39. The quantitative estimate of drug-likeness (QED) is 0.673. The number of fused-ring (bicyclic) bond motifs is 1. The van der Waals surface area contributed by atoms with Gasteiger partial charge in [-0.15, -0.1) is 0 Å². The van der Waals surface area contributed by atoms with Crippen LogP contribution in [0, 0.1) is 17.3 Å². The minimum Gasteiger partial charge on any atom is -0.459 e. The molecule has 0 amide bonds. The Hall–Kier alpha value is -0.570. The molecule has 2 saturated carbocycles. The Morgan fingerprint density at radius 3 is 2.47 bits per heavy atom. The molecule has 0 spiro atoms. The molecule has 3 nitrogen and oxygen atoms in total. The fourth-order valence-corrected chi connectivity index (χ4v) is 3.17. The third kappa shape index (κ3) is 1.67. The van der Waals surface area contributed by atoms with Gasteiger partial charge in [-0.2, -0.15) is 0 Å². The van der Waals surface area contributed by atoms with E-state index in [2.05, 4.69) is 13.8 Å². The molecule has 2 aliphatic carbocycles. The molecular weight excluding hydrogens is 192 g/mol. The first-order chi connectivity index (χ1) is 6.75. The lowest BCUT2D eigenvalue weighted by molar-refractivity contribution is -0.166. The van der Waals surface area contributed by atoms with Crippen LogP contribution in [0.3, 0.4) is 0 Å². The molecule has 0 radical (unpaired) electrons. The van der Waals surface area contributed by atoms with Crippen LogP contribution in [0.15, 0.2) is 0 Å². The van der Waals surface area contributed by atoms with Crippen molar-refractivity contribution in [3.05, 3.63) is 0 Å². The Balaban J connectivity index is 2.10. The van der Waals surface area contributed by atoms with Gasteiger partial charge < -0.3 is 9.84 Å². The maximum atomic E-state index is 10.9. The number of rotatable bonds is 1. The van der Waals surface area contributed by atoms with E-state index in [0.29, 0.717) is 17.3 Å². The Bertz CT molecular complexity index is 293. The van der Waals surface area contributed by atoms with Crippen LogP contribution >= 0.6 is 0 Å². The van der Waals surface area contributed by atoms with E-state index in [1.165, 1.54) is 6.92 Å². The van der Waals surface area contributed by atoms with Crippen molar-refractivity contribution in [1.29, 1.82) is 0 Å². The summed E-state index contributed by atoms with van der Waals surface area (Å²) in [5.74, 6) is 0.915. The summed E-state index contributed by atoms with van der Waals surface area (Å²) < 4.78 is 5.21. The summed E-state index contributed by atoms with van der Waals surface area (Å²) in [6.45, 7) is 7.65. The highest BCUT2D eigenvalue weighted by Crippen LogP contribution is 2.66. The number of carbonyl (C=O) groups excluding carboxylic acids is 1. The second-order valence-corrected chi connectivity index (χ2v) is 5.93. The van der Waals surface area contributed by atoms with Gasteiger partial charge in [0.15, 0.2) is 0 Å². The first kappa shape index (κ1) is 10.9. The number of hydrogen-bond donors (Lipinski definition) is 1. The first-order valence-electron chi connectivity index (χ1n) is 5.65. The van der Waals surface area contributed by atoms with Gasteiger partial charge in [0, 0.05) is 6.92 Å². The van der Waals surface area contributed by atoms with Crippen molar-refractivity contribution < 1.29 is 14.6 Å². The predicted octanol–water partition coefficient (Wildman–Crippen LogP) is 1.74. The number of carbonyl (C=O) groups is 1. The summed E-state index contributed by atoms with van der Waals surface area (Å²) in [6, 6.07) is 0. The fourth-order valence-electron chi connectivity index (χ4n) is 3.17. The third-order valence-corrected chi connectivity index (χ3v) is 4.39. The van der Waals surface area contributed by atoms with Crippen molar-refractivity contribution in [3.63, 3.8) is 0 Å². The van der Waals surface area contributed by atoms with Crippen LogP contribution in [0.5, 0.6) is 0 Å². The van der Waals surface area contributed by atoms with Gasteiger partial charge in [-0.1, -0.05) is 13.8 Å². The van der Waals surface area contributed by atoms with Gasteiger partial charge in [-0.05, 0) is 37.0 Å². The molecule has 2 rings (SSSR count). The minimum atomic E-state index is -0.847. The van der Waals surface area contributed by atoms with Gasteiger partial charge in [0.2, 0.25) is 0 Å². The SMILES string of the molecule is CC(=O)O[C@H]1C[C@@H]2[C@H](C[C@@]1(C)O)C2(C)C. The summed E-state index contributed by atoms with van der Waals surface area (Å²) in [4.78, 5) is 10.9. The van der Waals surface area contributed by atoms with Crippen LogP contribution in [0.1, 0.15) is 40.5 Å². The molecule has 0 aromatic heterocycles. The van der Waals surface area contributed by atoms with E-state index < -0.39 is 5.60 Å². The summed E-state index contributed by atoms with van der Waals surface area (Å²) in [5, 5.41) is 10.2. The zero-order chi connectivity index (χ0) is 11.4. The Labute approximate surface area is 90.8 Å². The maximum absolute atomic E-state index is 10.9. The van der Waals surface area contributed by atoms with E-state index in [-0.39, 0.29) is 12.1 Å². The topological polar surface area (TPSA) is 46.5 Å². The molecule has 15 heavy (non-hydrogen) atoms. The number of hydrogen-bond acceptors (Lipinski definition) is 3. The first-order valence-corrected chi connectivity index (χ1v) is 5.65. The minimum absolute atomic E-state index is 0.294. The maximum Gasteiger partial charge on any atom is 0.303 e. The van der Waals surface area contributed by atoms with Crippen LogP contribution in [-0.4, -0.2) is 22.8 Å². The average Bonchev–Trinajstić information content (AvgIpc) is 2.52. The molecule has 0 aliphatic heterocycles. The molecule has 3 heteroatoms. The fraction of sp³-hybridized carbons (Fsp3) is 0.917. The molecule has 1 N–H and O–H groups in total. The van der Waals surface area contributed by atoms with Crippen molar-refractivity contribution in [3.8, 4) is 0 Å². The van der Waals surface area contributed by atoms with Crippen molar-refractivity contribution in [1.82, 2.24) is 0 Å². The average molecular weight is 212 g/mol. The molecule has 0 aromatic carbocycles. The number of ether oxygens (including phenoxy) is 1. The van der Waals surface area contributed by atoms with Crippen molar-refractivity contribution in [2.75, 3.05) is 0 Å². The highest BCUT2D eigenvalue weighted by Gasteiger charge is 2.64. The van der Waals surface area contributed by atoms with Crippen molar-refractivity contribution in [2.45, 2.75) is 52.2 Å². The van der Waals surface area contributed by atoms with Crippen LogP contribution in [0.2, 0.25) is 0 Å². The Kier molecular flexibility index (Phi) is 2.16. The van der Waals surface area contributed by atoms with Crippen molar-refractivity contribution in [2.24, 2.45) is 17.3 Å². The monoisotopic (exact) mass is 212 g/mol. The van der Waals surface area contributed by atoms with Gasteiger partial charge in [0.25, 0.3) is 0 Å². The van der Waals surface area contributed by atoms with Crippen LogP contribution in [0.4, 0.5) is 0 Å². The summed E-state index contributed by atoms with van der Waals surface area (Å²) in [5.41, 5.74) is -0.528. The molecule has 0 bridgehead atoms. The molecule has 2 fully saturated rings. The van der Waals surface area contributed by atoms with Gasteiger partial charge in [0.1, 0.15) is 6.10 Å². The second kappa shape index (κ2) is 2.97. The summed E-state index contributed by atoms with van der Waals surface area (Å²) in [7, 11) is 0. The van der Waals surface area contributed by atoms with E-state index in [4.69, 9.17) is 4.74 Å². The zero-order valence-corrected chi connectivity index (χ0v) is 9.91. The standard InChI is InChI=1S/C12H20O3/c1-7(13)15-10-5-8-9(11(8,2)3)6-12(10,4)14/h8-10,14H,5-6H2,1-4H3/t8-,9+,10+,12-/m1/s1. The summed E-state index contributed by atoms with van der Waals surface area (Å²) in [6.07, 6.45) is 1.24. The van der Waals surface area contributed by atoms with Gasteiger partial charge in [0.05, 0.1) is 5.60 Å². The highest BCUT2D eigenvalue weighted by molar-refractivity contribution is 5.66. The second-order valence-electron chi connectivity index (χ2n) is 5.93. The molecule has 0 saturated heterocycles. The molecule has 86 valence electrons. The smallest absolute Gasteiger partial charge is 0.303 e. The summed E-state index contributed by atoms with van der Waals surface area (Å²) >= 11 is 0.